The van der Waals surface area contributed by atoms with Crippen LogP contribution in [-0.4, -0.2) is 53.7 Å². The molecule has 1 aromatic rings. The smallest absolute Gasteiger partial charge is 0.253 e. The maximum atomic E-state index is 12.7. The van der Waals surface area contributed by atoms with Gasteiger partial charge in [-0.25, -0.2) is 0 Å². The second-order valence-corrected chi connectivity index (χ2v) is 6.81. The molecule has 6 nitrogen and oxygen atoms in total. The Kier molecular flexibility index (Phi) is 3.75. The van der Waals surface area contributed by atoms with Crippen molar-refractivity contribution in [3.05, 3.63) is 29.3 Å². The van der Waals surface area contributed by atoms with E-state index in [0.717, 1.165) is 24.1 Å². The second-order valence-electron chi connectivity index (χ2n) is 6.81. The molecule has 1 saturated carbocycles. The summed E-state index contributed by atoms with van der Waals surface area (Å²) in [4.78, 5) is 39.9. The first kappa shape index (κ1) is 15.2. The molecular formula is C18H21N3O3. The van der Waals surface area contributed by atoms with Crippen LogP contribution < -0.4 is 5.32 Å². The van der Waals surface area contributed by atoms with Gasteiger partial charge >= 0.3 is 0 Å². The van der Waals surface area contributed by atoms with Crippen molar-refractivity contribution in [2.45, 2.75) is 25.7 Å². The van der Waals surface area contributed by atoms with Gasteiger partial charge in [0, 0.05) is 49.8 Å². The monoisotopic (exact) mass is 327 g/mol. The van der Waals surface area contributed by atoms with Gasteiger partial charge in [0.05, 0.1) is 0 Å². The lowest BCUT2D eigenvalue weighted by atomic mass is 10.00. The van der Waals surface area contributed by atoms with Gasteiger partial charge in [0.25, 0.3) is 5.91 Å². The molecule has 2 fully saturated rings. The summed E-state index contributed by atoms with van der Waals surface area (Å²) in [5.74, 6) is 0.529. The Morgan fingerprint density at radius 3 is 2.42 bits per heavy atom. The predicted molar refractivity (Wildman–Crippen MR) is 88.6 cm³/mol. The molecule has 2 aliphatic heterocycles. The summed E-state index contributed by atoms with van der Waals surface area (Å²) in [5.41, 5.74) is 2.48. The SMILES string of the molecule is O=C1CCc2cc(C(=O)N3CCN(C(=O)C4CC4)CC3)ccc2N1. The van der Waals surface area contributed by atoms with Gasteiger partial charge in [0.1, 0.15) is 0 Å². The number of amides is 3. The lowest BCUT2D eigenvalue weighted by Gasteiger charge is -2.35. The minimum absolute atomic E-state index is 0.00761. The number of rotatable bonds is 2. The molecule has 0 spiro atoms. The minimum Gasteiger partial charge on any atom is -0.339 e. The molecule has 0 aromatic heterocycles. The maximum absolute atomic E-state index is 12.7. The molecule has 0 radical (unpaired) electrons. The quantitative estimate of drug-likeness (QED) is 0.889. The van der Waals surface area contributed by atoms with Gasteiger partial charge in [-0.3, -0.25) is 14.4 Å². The molecule has 1 saturated heterocycles. The van der Waals surface area contributed by atoms with Crippen LogP contribution in [0.25, 0.3) is 0 Å². The topological polar surface area (TPSA) is 69.7 Å². The van der Waals surface area contributed by atoms with E-state index in [4.69, 9.17) is 0 Å². The molecule has 2 heterocycles. The fourth-order valence-electron chi connectivity index (χ4n) is 3.42. The van der Waals surface area contributed by atoms with Crippen LogP contribution in [-0.2, 0) is 16.0 Å². The van der Waals surface area contributed by atoms with Crippen molar-refractivity contribution < 1.29 is 14.4 Å². The van der Waals surface area contributed by atoms with Crippen LogP contribution in [0.4, 0.5) is 5.69 Å². The Bertz CT molecular complexity index is 703. The highest BCUT2D eigenvalue weighted by molar-refractivity contribution is 5.98. The summed E-state index contributed by atoms with van der Waals surface area (Å²) in [6, 6.07) is 5.47. The highest BCUT2D eigenvalue weighted by Crippen LogP contribution is 2.31. The number of hydrogen-bond donors (Lipinski definition) is 1. The average molecular weight is 327 g/mol. The number of aryl methyl sites for hydroxylation is 1. The van der Waals surface area contributed by atoms with Crippen molar-refractivity contribution >= 4 is 23.4 Å². The normalized spacial score (nSPS) is 20.4. The first-order chi connectivity index (χ1) is 11.6. The van der Waals surface area contributed by atoms with Crippen LogP contribution in [0.5, 0.6) is 0 Å². The summed E-state index contributed by atoms with van der Waals surface area (Å²) in [7, 11) is 0. The summed E-state index contributed by atoms with van der Waals surface area (Å²) in [5, 5.41) is 2.83. The number of fused-ring (bicyclic) bond motifs is 1. The van der Waals surface area contributed by atoms with Gasteiger partial charge in [-0.1, -0.05) is 0 Å². The standard InChI is InChI=1S/C18H21N3O3/c22-16-6-4-13-11-14(3-5-15(13)19-16)18(24)21-9-7-20(8-10-21)17(23)12-1-2-12/h3,5,11-12H,1-2,4,6-10H2,(H,19,22). The highest BCUT2D eigenvalue weighted by Gasteiger charge is 2.35. The summed E-state index contributed by atoms with van der Waals surface area (Å²) in [6.07, 6.45) is 3.17. The molecule has 24 heavy (non-hydrogen) atoms. The average Bonchev–Trinajstić information content (AvgIpc) is 3.45. The largest absolute Gasteiger partial charge is 0.339 e. The van der Waals surface area contributed by atoms with Gasteiger partial charge < -0.3 is 15.1 Å². The third kappa shape index (κ3) is 2.88. The molecule has 1 aromatic carbocycles. The molecule has 3 aliphatic rings. The summed E-state index contributed by atoms with van der Waals surface area (Å²) in [6.45, 7) is 2.43. The molecular weight excluding hydrogens is 306 g/mol. The second kappa shape index (κ2) is 5.92. The fraction of sp³-hybridized carbons (Fsp3) is 0.500. The third-order valence-corrected chi connectivity index (χ3v) is 5.05. The van der Waals surface area contributed by atoms with Crippen LogP contribution in [0.1, 0.15) is 35.2 Å². The predicted octanol–water partition coefficient (Wildman–Crippen LogP) is 1.27. The third-order valence-electron chi connectivity index (χ3n) is 5.05. The van der Waals surface area contributed by atoms with Crippen molar-refractivity contribution in [3.8, 4) is 0 Å². The number of benzene rings is 1. The molecule has 1 aliphatic carbocycles. The Hall–Kier alpha value is -2.37. The van der Waals surface area contributed by atoms with Crippen molar-refractivity contribution in [2.75, 3.05) is 31.5 Å². The number of nitrogens with one attached hydrogen (secondary N) is 1. The number of piperazine rings is 1. The molecule has 6 heteroatoms. The van der Waals surface area contributed by atoms with E-state index in [0.29, 0.717) is 44.6 Å². The number of carbonyl (C=O) groups excluding carboxylic acids is 3. The van der Waals surface area contributed by atoms with Crippen molar-refractivity contribution in [1.82, 2.24) is 9.80 Å². The number of carbonyl (C=O) groups is 3. The zero-order valence-electron chi connectivity index (χ0n) is 13.6. The molecule has 4 rings (SSSR count). The molecule has 0 unspecified atom stereocenters. The van der Waals surface area contributed by atoms with Crippen molar-refractivity contribution in [1.29, 1.82) is 0 Å². The van der Waals surface area contributed by atoms with E-state index >= 15 is 0 Å². The van der Waals surface area contributed by atoms with Crippen LogP contribution in [0.3, 0.4) is 0 Å². The van der Waals surface area contributed by atoms with Gasteiger partial charge in [-0.05, 0) is 43.0 Å². The molecule has 0 atom stereocenters. The number of anilines is 1. The Balaban J connectivity index is 1.41. The number of hydrogen-bond acceptors (Lipinski definition) is 3. The zero-order valence-corrected chi connectivity index (χ0v) is 13.6. The first-order valence-corrected chi connectivity index (χ1v) is 8.62. The molecule has 3 amide bonds. The van der Waals surface area contributed by atoms with E-state index in [2.05, 4.69) is 5.32 Å². The van der Waals surface area contributed by atoms with Gasteiger partial charge in [-0.2, -0.15) is 0 Å². The van der Waals surface area contributed by atoms with Crippen molar-refractivity contribution in [2.24, 2.45) is 5.92 Å². The lowest BCUT2D eigenvalue weighted by Crippen LogP contribution is -2.51. The summed E-state index contributed by atoms with van der Waals surface area (Å²) < 4.78 is 0. The van der Waals surface area contributed by atoms with Crippen LogP contribution in [0, 0.1) is 5.92 Å². The Labute approximate surface area is 140 Å². The maximum Gasteiger partial charge on any atom is 0.253 e. The highest BCUT2D eigenvalue weighted by atomic mass is 16.2. The van der Waals surface area contributed by atoms with Crippen LogP contribution in [0.2, 0.25) is 0 Å². The van der Waals surface area contributed by atoms with Crippen molar-refractivity contribution in [3.63, 3.8) is 0 Å². The van der Waals surface area contributed by atoms with Crippen LogP contribution >= 0.6 is 0 Å². The molecule has 0 bridgehead atoms. The van der Waals surface area contributed by atoms with E-state index in [1.807, 2.05) is 21.9 Å². The first-order valence-electron chi connectivity index (χ1n) is 8.62. The van der Waals surface area contributed by atoms with E-state index in [-0.39, 0.29) is 23.6 Å². The van der Waals surface area contributed by atoms with E-state index in [1.54, 1.807) is 6.07 Å². The summed E-state index contributed by atoms with van der Waals surface area (Å²) >= 11 is 0. The van der Waals surface area contributed by atoms with E-state index in [9.17, 15) is 14.4 Å². The molecule has 1 N–H and O–H groups in total. The molecule has 126 valence electrons. The Morgan fingerprint density at radius 1 is 1.00 bits per heavy atom. The van der Waals surface area contributed by atoms with E-state index in [1.165, 1.54) is 0 Å². The van der Waals surface area contributed by atoms with Gasteiger partial charge in [-0.15, -0.1) is 0 Å². The Morgan fingerprint density at radius 2 is 1.71 bits per heavy atom. The zero-order chi connectivity index (χ0) is 16.7. The van der Waals surface area contributed by atoms with E-state index < -0.39 is 0 Å². The van der Waals surface area contributed by atoms with Gasteiger partial charge in [0.15, 0.2) is 0 Å². The van der Waals surface area contributed by atoms with Crippen LogP contribution in [0.15, 0.2) is 18.2 Å². The fourth-order valence-corrected chi connectivity index (χ4v) is 3.42. The minimum atomic E-state index is 0.00761. The number of nitrogens with zero attached hydrogens (tertiary/aromatic N) is 2. The lowest BCUT2D eigenvalue weighted by molar-refractivity contribution is -0.134. The van der Waals surface area contributed by atoms with Gasteiger partial charge in [0.2, 0.25) is 11.8 Å².